The van der Waals surface area contributed by atoms with Crippen molar-refractivity contribution < 1.29 is 19.1 Å². The van der Waals surface area contributed by atoms with Gasteiger partial charge in [0, 0.05) is 42.0 Å². The van der Waals surface area contributed by atoms with Crippen molar-refractivity contribution in [1.82, 2.24) is 10.4 Å². The molecule has 2 aromatic rings. The van der Waals surface area contributed by atoms with E-state index >= 15 is 0 Å². The van der Waals surface area contributed by atoms with Crippen LogP contribution in [-0.2, 0) is 4.79 Å². The highest BCUT2D eigenvalue weighted by molar-refractivity contribution is 6.06. The van der Waals surface area contributed by atoms with Crippen LogP contribution in [-0.4, -0.2) is 36.7 Å². The minimum atomic E-state index is -0.393. The predicted molar refractivity (Wildman–Crippen MR) is 97.6 cm³/mol. The van der Waals surface area contributed by atoms with E-state index in [1.54, 1.807) is 43.5 Å². The van der Waals surface area contributed by atoms with E-state index in [2.05, 4.69) is 20.8 Å². The first-order valence-corrected chi connectivity index (χ1v) is 7.78. The third kappa shape index (κ3) is 5.59. The van der Waals surface area contributed by atoms with Gasteiger partial charge in [0.15, 0.2) is 0 Å². The fourth-order valence-corrected chi connectivity index (χ4v) is 2.06. The van der Waals surface area contributed by atoms with Crippen LogP contribution >= 0.6 is 0 Å². The second-order valence-electron chi connectivity index (χ2n) is 5.36. The minimum absolute atomic E-state index is 0.0207. The summed E-state index contributed by atoms with van der Waals surface area (Å²) in [6, 6.07) is 8.34. The smallest absolute Gasteiger partial charge is 0.272 e. The van der Waals surface area contributed by atoms with Gasteiger partial charge < -0.3 is 14.8 Å². The van der Waals surface area contributed by atoms with Gasteiger partial charge in [0.05, 0.1) is 26.2 Å². The number of benzene rings is 1. The number of methoxy groups -OCH3 is 2. The van der Waals surface area contributed by atoms with Crippen molar-refractivity contribution in [1.29, 1.82) is 0 Å². The molecule has 2 amide bonds. The van der Waals surface area contributed by atoms with Crippen molar-refractivity contribution in [3.63, 3.8) is 0 Å². The molecule has 2 N–H and O–H groups in total. The van der Waals surface area contributed by atoms with Crippen LogP contribution in [0, 0.1) is 0 Å². The molecule has 0 bridgehead atoms. The number of carbonyl (C=O) groups excluding carboxylic acids is 2. The third-order valence-electron chi connectivity index (χ3n) is 3.32. The number of hydrogen-bond donors (Lipinski definition) is 2. The van der Waals surface area contributed by atoms with Crippen LogP contribution in [0.3, 0.4) is 0 Å². The molecular formula is C18H20N4O4. The Morgan fingerprint density at radius 2 is 1.85 bits per heavy atom. The Kier molecular flexibility index (Phi) is 6.67. The summed E-state index contributed by atoms with van der Waals surface area (Å²) in [4.78, 5) is 27.9. The van der Waals surface area contributed by atoms with Crippen molar-refractivity contribution in [2.24, 2.45) is 5.10 Å². The molecule has 0 fully saturated rings. The molecule has 0 aliphatic rings. The van der Waals surface area contributed by atoms with Crippen LogP contribution in [0.25, 0.3) is 0 Å². The SMILES string of the molecule is COc1cc(NC(=O)C/C(C)=N/NC(=O)c2cccnc2)cc(OC)c1. The molecule has 8 nitrogen and oxygen atoms in total. The first kappa shape index (κ1) is 18.9. The van der Waals surface area contributed by atoms with Gasteiger partial charge in [0.25, 0.3) is 5.91 Å². The van der Waals surface area contributed by atoms with Crippen LogP contribution in [0.2, 0.25) is 0 Å². The number of rotatable bonds is 7. The lowest BCUT2D eigenvalue weighted by molar-refractivity contribution is -0.115. The van der Waals surface area contributed by atoms with E-state index in [1.807, 2.05) is 0 Å². The van der Waals surface area contributed by atoms with Crippen molar-refractivity contribution in [2.45, 2.75) is 13.3 Å². The van der Waals surface area contributed by atoms with Gasteiger partial charge in [-0.2, -0.15) is 5.10 Å². The van der Waals surface area contributed by atoms with E-state index < -0.39 is 5.91 Å². The summed E-state index contributed by atoms with van der Waals surface area (Å²) in [6.07, 6.45) is 3.03. The highest BCUT2D eigenvalue weighted by atomic mass is 16.5. The van der Waals surface area contributed by atoms with Gasteiger partial charge >= 0.3 is 0 Å². The maximum atomic E-state index is 12.1. The van der Waals surface area contributed by atoms with E-state index in [9.17, 15) is 9.59 Å². The van der Waals surface area contributed by atoms with Gasteiger partial charge in [-0.15, -0.1) is 0 Å². The molecule has 0 aliphatic carbocycles. The molecule has 0 spiro atoms. The zero-order valence-electron chi connectivity index (χ0n) is 14.8. The monoisotopic (exact) mass is 356 g/mol. The van der Waals surface area contributed by atoms with Gasteiger partial charge in [-0.05, 0) is 19.1 Å². The number of carbonyl (C=O) groups is 2. The van der Waals surface area contributed by atoms with E-state index in [0.29, 0.717) is 28.5 Å². The highest BCUT2D eigenvalue weighted by Gasteiger charge is 2.09. The van der Waals surface area contributed by atoms with E-state index in [-0.39, 0.29) is 12.3 Å². The Balaban J connectivity index is 1.93. The quantitative estimate of drug-likeness (QED) is 0.585. The molecule has 0 saturated carbocycles. The van der Waals surface area contributed by atoms with Crippen molar-refractivity contribution in [3.8, 4) is 11.5 Å². The number of amides is 2. The summed E-state index contributed by atoms with van der Waals surface area (Å²) in [6.45, 7) is 1.65. The Morgan fingerprint density at radius 1 is 1.15 bits per heavy atom. The standard InChI is InChI=1S/C18H20N4O4/c1-12(21-22-18(24)13-5-4-6-19-11-13)7-17(23)20-14-8-15(25-2)10-16(9-14)26-3/h4-6,8-11H,7H2,1-3H3,(H,20,23)(H,22,24)/b21-12+. The maximum Gasteiger partial charge on any atom is 0.272 e. The molecule has 1 aromatic heterocycles. The van der Waals surface area contributed by atoms with Gasteiger partial charge in [0.1, 0.15) is 11.5 Å². The van der Waals surface area contributed by atoms with Crippen molar-refractivity contribution in [2.75, 3.05) is 19.5 Å². The summed E-state index contributed by atoms with van der Waals surface area (Å²) in [5, 5.41) is 6.67. The number of pyridine rings is 1. The van der Waals surface area contributed by atoms with Gasteiger partial charge in [-0.25, -0.2) is 5.43 Å². The number of ether oxygens (including phenoxy) is 2. The lowest BCUT2D eigenvalue weighted by Gasteiger charge is -2.10. The normalized spacial score (nSPS) is 10.8. The first-order valence-electron chi connectivity index (χ1n) is 7.78. The van der Waals surface area contributed by atoms with Crippen LogP contribution < -0.4 is 20.2 Å². The molecule has 2 rings (SSSR count). The molecule has 0 radical (unpaired) electrons. The van der Waals surface area contributed by atoms with Crippen molar-refractivity contribution >= 4 is 23.2 Å². The number of hydrogen-bond acceptors (Lipinski definition) is 6. The van der Waals surface area contributed by atoms with Crippen LogP contribution in [0.1, 0.15) is 23.7 Å². The number of hydrazone groups is 1. The van der Waals surface area contributed by atoms with E-state index in [0.717, 1.165) is 0 Å². The third-order valence-corrected chi connectivity index (χ3v) is 3.32. The largest absolute Gasteiger partial charge is 0.497 e. The predicted octanol–water partition coefficient (Wildman–Crippen LogP) is 2.23. The van der Waals surface area contributed by atoms with Gasteiger partial charge in [-0.3, -0.25) is 14.6 Å². The number of anilines is 1. The average molecular weight is 356 g/mol. The lowest BCUT2D eigenvalue weighted by atomic mass is 10.2. The fourth-order valence-electron chi connectivity index (χ4n) is 2.06. The molecule has 0 aliphatic heterocycles. The van der Waals surface area contributed by atoms with Crippen LogP contribution in [0.15, 0.2) is 47.8 Å². The summed E-state index contributed by atoms with van der Waals surface area (Å²) >= 11 is 0. The van der Waals surface area contributed by atoms with E-state index in [4.69, 9.17) is 9.47 Å². The molecule has 8 heteroatoms. The molecule has 136 valence electrons. The number of aromatic nitrogens is 1. The van der Waals surface area contributed by atoms with Crippen LogP contribution in [0.5, 0.6) is 11.5 Å². The molecule has 26 heavy (non-hydrogen) atoms. The second-order valence-corrected chi connectivity index (χ2v) is 5.36. The summed E-state index contributed by atoms with van der Waals surface area (Å²) < 4.78 is 10.3. The molecule has 0 saturated heterocycles. The zero-order valence-corrected chi connectivity index (χ0v) is 14.8. The van der Waals surface area contributed by atoms with E-state index in [1.165, 1.54) is 20.4 Å². The Morgan fingerprint density at radius 3 is 2.42 bits per heavy atom. The molecule has 0 unspecified atom stereocenters. The molecule has 0 atom stereocenters. The molecule has 1 aromatic carbocycles. The molecular weight excluding hydrogens is 336 g/mol. The molecule has 1 heterocycles. The summed E-state index contributed by atoms with van der Waals surface area (Å²) in [5.41, 5.74) is 3.77. The van der Waals surface area contributed by atoms with Crippen molar-refractivity contribution in [3.05, 3.63) is 48.3 Å². The first-order chi connectivity index (χ1) is 12.5. The summed E-state index contributed by atoms with van der Waals surface area (Å²) in [7, 11) is 3.06. The number of nitrogens with zero attached hydrogens (tertiary/aromatic N) is 2. The Bertz CT molecular complexity index is 784. The maximum absolute atomic E-state index is 12.1. The lowest BCUT2D eigenvalue weighted by Crippen LogP contribution is -2.21. The summed E-state index contributed by atoms with van der Waals surface area (Å²) in [5.74, 6) is 0.454. The highest BCUT2D eigenvalue weighted by Crippen LogP contribution is 2.25. The number of nitrogens with one attached hydrogen (secondary N) is 2. The van der Waals surface area contributed by atoms with Crippen LogP contribution in [0.4, 0.5) is 5.69 Å². The van der Waals surface area contributed by atoms with Gasteiger partial charge in [0.2, 0.25) is 5.91 Å². The topological polar surface area (TPSA) is 102 Å². The minimum Gasteiger partial charge on any atom is -0.497 e. The average Bonchev–Trinajstić information content (AvgIpc) is 2.66. The second kappa shape index (κ2) is 9.16. The van der Waals surface area contributed by atoms with Gasteiger partial charge in [-0.1, -0.05) is 0 Å². The zero-order chi connectivity index (χ0) is 18.9. The Labute approximate surface area is 151 Å². The Hall–Kier alpha value is -3.42. The fraction of sp³-hybridized carbons (Fsp3) is 0.222.